The first-order valence-electron chi connectivity index (χ1n) is 6.71. The molecule has 1 N–H and O–H groups in total. The Bertz CT molecular complexity index is 535. The van der Waals surface area contributed by atoms with E-state index in [0.29, 0.717) is 36.9 Å². The van der Waals surface area contributed by atoms with Gasteiger partial charge in [0.15, 0.2) is 5.78 Å². The Morgan fingerprint density at radius 2 is 1.80 bits per heavy atom. The Kier molecular flexibility index (Phi) is 4.17. The Labute approximate surface area is 117 Å². The summed E-state index contributed by atoms with van der Waals surface area (Å²) in [6, 6.07) is 5.67. The van der Waals surface area contributed by atoms with Crippen LogP contribution in [0.3, 0.4) is 0 Å². The van der Waals surface area contributed by atoms with Crippen LogP contribution in [0.1, 0.15) is 46.9 Å². The normalized spacial score (nSPS) is 18.1. The summed E-state index contributed by atoms with van der Waals surface area (Å²) in [5.41, 5.74) is 0.992. The maximum absolute atomic E-state index is 12.3. The molecule has 5 heteroatoms. The summed E-state index contributed by atoms with van der Waals surface area (Å²) in [7, 11) is 0. The first kappa shape index (κ1) is 14.2. The number of ketones is 1. The predicted octanol–water partition coefficient (Wildman–Crippen LogP) is 1.97. The monoisotopic (exact) mass is 275 g/mol. The van der Waals surface area contributed by atoms with Crippen LogP contribution in [0, 0.1) is 0 Å². The third kappa shape index (κ3) is 2.71. The van der Waals surface area contributed by atoms with E-state index in [1.54, 1.807) is 31.2 Å². The molecule has 0 bridgehead atoms. The number of Topliss-reactive ketones (excluding diaryl/α,β-unsaturated/α-hetero) is 1. The number of carboxylic acid groups (broad SMARTS) is 1. The molecule has 0 aliphatic carbocycles. The van der Waals surface area contributed by atoms with Gasteiger partial charge < -0.3 is 10.0 Å². The van der Waals surface area contributed by atoms with Crippen LogP contribution >= 0.6 is 0 Å². The first-order chi connectivity index (χ1) is 9.54. The van der Waals surface area contributed by atoms with Gasteiger partial charge in [-0.25, -0.2) is 4.79 Å². The Balaban J connectivity index is 2.17. The van der Waals surface area contributed by atoms with E-state index in [1.165, 1.54) is 4.90 Å². The minimum Gasteiger partial charge on any atom is -0.480 e. The van der Waals surface area contributed by atoms with Crippen molar-refractivity contribution in [2.24, 2.45) is 0 Å². The molecule has 0 unspecified atom stereocenters. The quantitative estimate of drug-likeness (QED) is 0.852. The lowest BCUT2D eigenvalue weighted by molar-refractivity contribution is -0.141. The van der Waals surface area contributed by atoms with Crippen LogP contribution in [0.15, 0.2) is 24.3 Å². The summed E-state index contributed by atoms with van der Waals surface area (Å²) in [6.07, 6.45) is 1.61. The summed E-state index contributed by atoms with van der Waals surface area (Å²) >= 11 is 0. The van der Waals surface area contributed by atoms with Gasteiger partial charge in [-0.3, -0.25) is 9.59 Å². The van der Waals surface area contributed by atoms with Gasteiger partial charge in [0.1, 0.15) is 6.04 Å². The van der Waals surface area contributed by atoms with E-state index in [-0.39, 0.29) is 11.7 Å². The molecule has 5 nitrogen and oxygen atoms in total. The number of nitrogens with zero attached hydrogens (tertiary/aromatic N) is 1. The van der Waals surface area contributed by atoms with E-state index < -0.39 is 12.0 Å². The average molecular weight is 275 g/mol. The molecule has 20 heavy (non-hydrogen) atoms. The fraction of sp³-hybridized carbons (Fsp3) is 0.400. The molecule has 1 aromatic carbocycles. The topological polar surface area (TPSA) is 74.7 Å². The van der Waals surface area contributed by atoms with Crippen molar-refractivity contribution >= 4 is 17.7 Å². The molecule has 1 aliphatic rings. The number of rotatable bonds is 4. The van der Waals surface area contributed by atoms with Crippen LogP contribution in [0.4, 0.5) is 0 Å². The fourth-order valence-corrected chi connectivity index (χ4v) is 2.44. The number of amides is 1. The van der Waals surface area contributed by atoms with Crippen molar-refractivity contribution in [3.05, 3.63) is 35.4 Å². The van der Waals surface area contributed by atoms with E-state index in [0.717, 1.165) is 0 Å². The van der Waals surface area contributed by atoms with E-state index in [9.17, 15) is 14.4 Å². The van der Waals surface area contributed by atoms with Gasteiger partial charge in [0.2, 0.25) is 0 Å². The van der Waals surface area contributed by atoms with Crippen molar-refractivity contribution < 1.29 is 19.5 Å². The maximum Gasteiger partial charge on any atom is 0.326 e. The largest absolute Gasteiger partial charge is 0.480 e. The number of carboxylic acids is 1. The molecule has 1 aromatic rings. The standard InChI is InChI=1S/C15H17NO4/c1-2-13(17)10-5-7-11(8-6-10)14(18)16-9-3-4-12(16)15(19)20/h5-8,12H,2-4,9H2,1H3,(H,19,20)/t12-/m0/s1. The summed E-state index contributed by atoms with van der Waals surface area (Å²) in [4.78, 5) is 36.3. The average Bonchev–Trinajstić information content (AvgIpc) is 2.95. The summed E-state index contributed by atoms with van der Waals surface area (Å²) in [6.45, 7) is 2.24. The number of carbonyl (C=O) groups excluding carboxylic acids is 2. The maximum atomic E-state index is 12.3. The second-order valence-corrected chi connectivity index (χ2v) is 4.85. The van der Waals surface area contributed by atoms with Gasteiger partial charge in [-0.1, -0.05) is 19.1 Å². The molecule has 1 fully saturated rings. The van der Waals surface area contributed by atoms with Gasteiger partial charge in [0.05, 0.1) is 0 Å². The van der Waals surface area contributed by atoms with Crippen molar-refractivity contribution in [1.82, 2.24) is 4.90 Å². The SMILES string of the molecule is CCC(=O)c1ccc(C(=O)N2CCC[C@H]2C(=O)O)cc1. The second kappa shape index (κ2) is 5.86. The molecule has 2 rings (SSSR count). The predicted molar refractivity (Wildman–Crippen MR) is 72.8 cm³/mol. The van der Waals surface area contributed by atoms with Crippen LogP contribution in [0.5, 0.6) is 0 Å². The minimum atomic E-state index is -0.964. The third-order valence-corrected chi connectivity index (χ3v) is 3.57. The van der Waals surface area contributed by atoms with Crippen LogP contribution in [-0.2, 0) is 4.79 Å². The second-order valence-electron chi connectivity index (χ2n) is 4.85. The lowest BCUT2D eigenvalue weighted by Gasteiger charge is -2.21. The van der Waals surface area contributed by atoms with Crippen LogP contribution < -0.4 is 0 Å². The molecule has 1 amide bonds. The number of benzene rings is 1. The molecular weight excluding hydrogens is 258 g/mol. The highest BCUT2D eigenvalue weighted by atomic mass is 16.4. The Morgan fingerprint density at radius 1 is 1.20 bits per heavy atom. The molecule has 0 radical (unpaired) electrons. The van der Waals surface area contributed by atoms with Crippen LogP contribution in [0.2, 0.25) is 0 Å². The lowest BCUT2D eigenvalue weighted by atomic mass is 10.1. The number of hydrogen-bond acceptors (Lipinski definition) is 3. The number of hydrogen-bond donors (Lipinski definition) is 1. The summed E-state index contributed by atoms with van der Waals surface area (Å²) < 4.78 is 0. The molecule has 1 atom stereocenters. The highest BCUT2D eigenvalue weighted by Gasteiger charge is 2.34. The fourth-order valence-electron chi connectivity index (χ4n) is 2.44. The molecule has 0 aromatic heterocycles. The lowest BCUT2D eigenvalue weighted by Crippen LogP contribution is -2.40. The van der Waals surface area contributed by atoms with Gasteiger partial charge in [0.25, 0.3) is 5.91 Å². The molecule has 0 spiro atoms. The van der Waals surface area contributed by atoms with E-state index >= 15 is 0 Å². The molecule has 1 heterocycles. The van der Waals surface area contributed by atoms with E-state index in [4.69, 9.17) is 5.11 Å². The highest BCUT2D eigenvalue weighted by molar-refractivity contribution is 5.99. The van der Waals surface area contributed by atoms with Crippen molar-refractivity contribution in [3.8, 4) is 0 Å². The smallest absolute Gasteiger partial charge is 0.326 e. The van der Waals surface area contributed by atoms with Gasteiger partial charge in [-0.2, -0.15) is 0 Å². The summed E-state index contributed by atoms with van der Waals surface area (Å²) in [5.74, 6) is -1.23. The van der Waals surface area contributed by atoms with E-state index in [2.05, 4.69) is 0 Å². The minimum absolute atomic E-state index is 0.0218. The van der Waals surface area contributed by atoms with Gasteiger partial charge in [-0.15, -0.1) is 0 Å². The van der Waals surface area contributed by atoms with Gasteiger partial charge in [-0.05, 0) is 25.0 Å². The van der Waals surface area contributed by atoms with Crippen LogP contribution in [-0.4, -0.2) is 40.3 Å². The molecule has 106 valence electrons. The third-order valence-electron chi connectivity index (χ3n) is 3.57. The van der Waals surface area contributed by atoms with Gasteiger partial charge >= 0.3 is 5.97 Å². The Morgan fingerprint density at radius 3 is 2.35 bits per heavy atom. The van der Waals surface area contributed by atoms with Crippen molar-refractivity contribution in [3.63, 3.8) is 0 Å². The first-order valence-corrected chi connectivity index (χ1v) is 6.71. The number of carbonyl (C=O) groups is 3. The zero-order valence-corrected chi connectivity index (χ0v) is 11.3. The zero-order chi connectivity index (χ0) is 14.7. The summed E-state index contributed by atoms with van der Waals surface area (Å²) in [5, 5.41) is 9.09. The number of aliphatic carboxylic acids is 1. The molecule has 1 saturated heterocycles. The van der Waals surface area contributed by atoms with Crippen LogP contribution in [0.25, 0.3) is 0 Å². The van der Waals surface area contributed by atoms with Crippen molar-refractivity contribution in [1.29, 1.82) is 0 Å². The molecule has 0 saturated carbocycles. The molecule has 1 aliphatic heterocycles. The highest BCUT2D eigenvalue weighted by Crippen LogP contribution is 2.20. The van der Waals surface area contributed by atoms with E-state index in [1.807, 2.05) is 0 Å². The Hall–Kier alpha value is -2.17. The number of likely N-dealkylation sites (tertiary alicyclic amines) is 1. The van der Waals surface area contributed by atoms with Crippen molar-refractivity contribution in [2.45, 2.75) is 32.2 Å². The zero-order valence-electron chi connectivity index (χ0n) is 11.3. The van der Waals surface area contributed by atoms with Crippen molar-refractivity contribution in [2.75, 3.05) is 6.54 Å². The van der Waals surface area contributed by atoms with Gasteiger partial charge in [0, 0.05) is 24.1 Å². The molecular formula is C15H17NO4.